The van der Waals surface area contributed by atoms with Gasteiger partial charge in [0.05, 0.1) is 25.0 Å². The molecule has 0 amide bonds. The molecule has 0 aliphatic heterocycles. The Labute approximate surface area is 131 Å². The minimum Gasteiger partial charge on any atom is -0.394 e. The predicted molar refractivity (Wildman–Crippen MR) is 86.5 cm³/mol. The second-order valence-electron chi connectivity index (χ2n) is 4.98. The van der Waals surface area contributed by atoms with Crippen LogP contribution < -0.4 is 10.9 Å². The Kier molecular flexibility index (Phi) is 5.92. The molecule has 7 heteroatoms. The van der Waals surface area contributed by atoms with Crippen LogP contribution in [0, 0.1) is 0 Å². The maximum absolute atomic E-state index is 12.0. The van der Waals surface area contributed by atoms with Gasteiger partial charge in [-0.1, -0.05) is 0 Å². The number of nitrogens with zero attached hydrogens (tertiary/aromatic N) is 2. The molecule has 112 valence electrons. The van der Waals surface area contributed by atoms with Gasteiger partial charge < -0.3 is 10.4 Å². The van der Waals surface area contributed by atoms with Crippen LogP contribution in [0.3, 0.4) is 0 Å². The first-order valence-electron chi connectivity index (χ1n) is 6.81. The Morgan fingerprint density at radius 2 is 2.20 bits per heavy atom. The summed E-state index contributed by atoms with van der Waals surface area (Å²) < 4.78 is 1.76. The van der Waals surface area contributed by atoms with Crippen LogP contribution in [0.25, 0.3) is 0 Å². The molecule has 0 atom stereocenters. The number of nitrogens with one attached hydrogen (secondary N) is 1. The number of aliphatic hydroxyl groups excluding tert-OH is 1. The lowest BCUT2D eigenvalue weighted by atomic mass is 9.95. The lowest BCUT2D eigenvalue weighted by molar-refractivity contribution is 0.266. The Morgan fingerprint density at radius 1 is 1.50 bits per heavy atom. The number of halogens is 1. The summed E-state index contributed by atoms with van der Waals surface area (Å²) in [6.45, 7) is 0.126. The highest BCUT2D eigenvalue weighted by atomic mass is 79.9. The monoisotopic (exact) mass is 361 g/mol. The maximum atomic E-state index is 12.0. The van der Waals surface area contributed by atoms with Crippen molar-refractivity contribution >= 4 is 33.4 Å². The van der Waals surface area contributed by atoms with E-state index in [1.165, 1.54) is 17.5 Å². The van der Waals surface area contributed by atoms with Crippen LogP contribution in [0.2, 0.25) is 0 Å². The molecule has 2 rings (SSSR count). The van der Waals surface area contributed by atoms with Crippen molar-refractivity contribution in [2.75, 3.05) is 18.2 Å². The smallest absolute Gasteiger partial charge is 0.283 e. The highest BCUT2D eigenvalue weighted by molar-refractivity contribution is 9.10. The SMILES string of the molecule is CSC1CCC(Nc2cnn(CCO)c(=O)c2Br)CC1. The molecular weight excluding hydrogens is 342 g/mol. The Hall–Kier alpha value is -0.530. The van der Waals surface area contributed by atoms with Crippen molar-refractivity contribution in [1.29, 1.82) is 0 Å². The third-order valence-electron chi connectivity index (χ3n) is 3.66. The van der Waals surface area contributed by atoms with Crippen LogP contribution >= 0.6 is 27.7 Å². The van der Waals surface area contributed by atoms with E-state index in [1.54, 1.807) is 6.20 Å². The van der Waals surface area contributed by atoms with Crippen molar-refractivity contribution in [3.8, 4) is 0 Å². The van der Waals surface area contributed by atoms with Crippen LogP contribution in [0.5, 0.6) is 0 Å². The van der Waals surface area contributed by atoms with Gasteiger partial charge in [-0.3, -0.25) is 4.79 Å². The minimum absolute atomic E-state index is 0.0924. The van der Waals surface area contributed by atoms with Gasteiger partial charge in [0.25, 0.3) is 5.56 Å². The van der Waals surface area contributed by atoms with E-state index in [0.717, 1.165) is 23.8 Å². The van der Waals surface area contributed by atoms with Crippen LogP contribution in [0.4, 0.5) is 5.69 Å². The molecule has 0 bridgehead atoms. The Morgan fingerprint density at radius 3 is 2.80 bits per heavy atom. The van der Waals surface area contributed by atoms with Crippen molar-refractivity contribution in [2.24, 2.45) is 0 Å². The predicted octanol–water partition coefficient (Wildman–Crippen LogP) is 2.08. The minimum atomic E-state index is -0.207. The summed E-state index contributed by atoms with van der Waals surface area (Å²) in [6, 6.07) is 0.407. The van der Waals surface area contributed by atoms with Crippen molar-refractivity contribution < 1.29 is 5.11 Å². The molecule has 0 aromatic carbocycles. The molecule has 1 aromatic heterocycles. The third-order valence-corrected chi connectivity index (χ3v) is 5.57. The van der Waals surface area contributed by atoms with Gasteiger partial charge in [0.15, 0.2) is 0 Å². The lowest BCUT2D eigenvalue weighted by Gasteiger charge is -2.28. The second kappa shape index (κ2) is 7.47. The molecule has 1 aliphatic carbocycles. The van der Waals surface area contributed by atoms with Crippen molar-refractivity contribution in [2.45, 2.75) is 43.5 Å². The van der Waals surface area contributed by atoms with Crippen molar-refractivity contribution in [3.05, 3.63) is 21.0 Å². The highest BCUT2D eigenvalue weighted by Crippen LogP contribution is 2.29. The summed E-state index contributed by atoms with van der Waals surface area (Å²) >= 11 is 5.27. The first-order chi connectivity index (χ1) is 9.65. The molecule has 0 unspecified atom stereocenters. The molecule has 1 fully saturated rings. The Balaban J connectivity index is 2.03. The fourth-order valence-corrected chi connectivity index (χ4v) is 3.65. The molecule has 0 radical (unpaired) electrons. The van der Waals surface area contributed by atoms with Crippen molar-refractivity contribution in [1.82, 2.24) is 9.78 Å². The number of thioether (sulfide) groups is 1. The fourth-order valence-electron chi connectivity index (χ4n) is 2.48. The van der Waals surface area contributed by atoms with E-state index in [2.05, 4.69) is 32.6 Å². The molecular formula is C13H20BrN3O2S. The van der Waals surface area contributed by atoms with Gasteiger partial charge in [-0.25, -0.2) is 4.68 Å². The van der Waals surface area contributed by atoms with Crippen LogP contribution in [0.15, 0.2) is 15.5 Å². The Bertz CT molecular complexity index is 501. The van der Waals surface area contributed by atoms with E-state index in [1.807, 2.05) is 11.8 Å². The molecule has 0 spiro atoms. The normalized spacial score (nSPS) is 22.8. The molecule has 5 nitrogen and oxygen atoms in total. The van der Waals surface area contributed by atoms with E-state index in [9.17, 15) is 4.79 Å². The number of hydrogen-bond acceptors (Lipinski definition) is 5. The van der Waals surface area contributed by atoms with Crippen LogP contribution in [-0.4, -0.2) is 39.0 Å². The molecule has 20 heavy (non-hydrogen) atoms. The molecule has 1 aromatic rings. The number of rotatable bonds is 5. The van der Waals surface area contributed by atoms with Gasteiger partial charge in [0.1, 0.15) is 4.47 Å². The molecule has 1 aliphatic rings. The third kappa shape index (κ3) is 3.77. The molecule has 1 saturated carbocycles. The standard InChI is InChI=1S/C13H20BrN3O2S/c1-20-10-4-2-9(3-5-10)16-11-8-15-17(6-7-18)13(19)12(11)14/h8-10,16,18H,2-7H2,1H3. The van der Waals surface area contributed by atoms with Gasteiger partial charge >= 0.3 is 0 Å². The first-order valence-corrected chi connectivity index (χ1v) is 8.89. The maximum Gasteiger partial charge on any atom is 0.283 e. The van der Waals surface area contributed by atoms with Crippen LogP contribution in [-0.2, 0) is 6.54 Å². The van der Waals surface area contributed by atoms with E-state index in [4.69, 9.17) is 5.11 Å². The lowest BCUT2D eigenvalue weighted by Crippen LogP contribution is -2.30. The van der Waals surface area contributed by atoms with E-state index >= 15 is 0 Å². The largest absolute Gasteiger partial charge is 0.394 e. The molecule has 1 heterocycles. The zero-order chi connectivity index (χ0) is 14.5. The van der Waals surface area contributed by atoms with E-state index in [0.29, 0.717) is 10.5 Å². The quantitative estimate of drug-likeness (QED) is 0.840. The summed E-state index contributed by atoms with van der Waals surface area (Å²) in [5.41, 5.74) is 0.540. The van der Waals surface area contributed by atoms with Gasteiger partial charge in [-0.2, -0.15) is 16.9 Å². The summed E-state index contributed by atoms with van der Waals surface area (Å²) in [5.74, 6) is 0. The number of hydrogen-bond donors (Lipinski definition) is 2. The van der Waals surface area contributed by atoms with Gasteiger partial charge in [0, 0.05) is 11.3 Å². The van der Waals surface area contributed by atoms with Gasteiger partial charge in [-0.15, -0.1) is 0 Å². The summed E-state index contributed by atoms with van der Waals surface area (Å²) in [7, 11) is 0. The van der Waals surface area contributed by atoms with Gasteiger partial charge in [0.2, 0.25) is 0 Å². The van der Waals surface area contributed by atoms with E-state index < -0.39 is 0 Å². The average molecular weight is 362 g/mol. The summed E-state index contributed by atoms with van der Waals surface area (Å²) in [5, 5.41) is 17.1. The highest BCUT2D eigenvalue weighted by Gasteiger charge is 2.21. The van der Waals surface area contributed by atoms with Crippen molar-refractivity contribution in [3.63, 3.8) is 0 Å². The topological polar surface area (TPSA) is 67.2 Å². The number of aromatic nitrogens is 2. The first kappa shape index (κ1) is 15.9. The summed E-state index contributed by atoms with van der Waals surface area (Å²) in [4.78, 5) is 12.0. The zero-order valence-corrected chi connectivity index (χ0v) is 13.9. The fraction of sp³-hybridized carbons (Fsp3) is 0.692. The average Bonchev–Trinajstić information content (AvgIpc) is 2.48. The van der Waals surface area contributed by atoms with Crippen LogP contribution in [0.1, 0.15) is 25.7 Å². The van der Waals surface area contributed by atoms with E-state index in [-0.39, 0.29) is 18.7 Å². The zero-order valence-electron chi connectivity index (χ0n) is 11.5. The summed E-state index contributed by atoms with van der Waals surface area (Å²) in [6.07, 6.45) is 8.49. The molecule has 0 saturated heterocycles. The second-order valence-corrected chi connectivity index (χ2v) is 6.91. The van der Waals surface area contributed by atoms with Gasteiger partial charge in [-0.05, 0) is 47.9 Å². The number of aliphatic hydroxyl groups is 1. The molecule has 2 N–H and O–H groups in total. The number of anilines is 1.